The number of likely N-dealkylation sites (N-methyl/N-ethyl adjacent to an activating group) is 1. The standard InChI is InChI=1S/C11H22N2/c1-8(2)13-7-9-5-6-10(13)11(9)12(3)4/h8-11H,5-7H2,1-4H3. The van der Waals surface area contributed by atoms with Crippen LogP contribution in [-0.4, -0.2) is 48.6 Å². The summed E-state index contributed by atoms with van der Waals surface area (Å²) in [6.07, 6.45) is 2.88. The lowest BCUT2D eigenvalue weighted by atomic mass is 10.1. The van der Waals surface area contributed by atoms with Crippen molar-refractivity contribution in [2.24, 2.45) is 5.92 Å². The Bertz CT molecular complexity index is 189. The van der Waals surface area contributed by atoms with Crippen LogP contribution >= 0.6 is 0 Å². The summed E-state index contributed by atoms with van der Waals surface area (Å²) in [5.41, 5.74) is 0. The van der Waals surface area contributed by atoms with Gasteiger partial charge in [0.15, 0.2) is 0 Å². The summed E-state index contributed by atoms with van der Waals surface area (Å²) in [4.78, 5) is 5.13. The van der Waals surface area contributed by atoms with Crippen LogP contribution in [0.15, 0.2) is 0 Å². The number of piperidine rings is 1. The molecule has 0 radical (unpaired) electrons. The van der Waals surface area contributed by atoms with Gasteiger partial charge in [-0.25, -0.2) is 0 Å². The molecular formula is C11H22N2. The van der Waals surface area contributed by atoms with E-state index in [1.54, 1.807) is 0 Å². The molecule has 2 rings (SSSR count). The molecule has 0 spiro atoms. The number of hydrogen-bond donors (Lipinski definition) is 0. The van der Waals surface area contributed by atoms with E-state index in [1.165, 1.54) is 19.4 Å². The molecule has 0 aromatic rings. The van der Waals surface area contributed by atoms with E-state index < -0.39 is 0 Å². The van der Waals surface area contributed by atoms with Crippen LogP contribution in [0.1, 0.15) is 26.7 Å². The van der Waals surface area contributed by atoms with Crippen LogP contribution in [0.2, 0.25) is 0 Å². The van der Waals surface area contributed by atoms with Gasteiger partial charge in [-0.1, -0.05) is 0 Å². The Hall–Kier alpha value is -0.0800. The Labute approximate surface area is 81.9 Å². The second kappa shape index (κ2) is 3.25. The predicted octanol–water partition coefficient (Wildman–Crippen LogP) is 1.42. The van der Waals surface area contributed by atoms with Gasteiger partial charge in [-0.05, 0) is 46.7 Å². The van der Waals surface area contributed by atoms with Crippen molar-refractivity contribution >= 4 is 0 Å². The molecule has 2 aliphatic rings. The lowest BCUT2D eigenvalue weighted by Crippen LogP contribution is -2.43. The summed E-state index contributed by atoms with van der Waals surface area (Å²) in [5.74, 6) is 0.947. The van der Waals surface area contributed by atoms with E-state index in [2.05, 4.69) is 37.7 Å². The van der Waals surface area contributed by atoms with Crippen molar-refractivity contribution < 1.29 is 0 Å². The highest BCUT2D eigenvalue weighted by molar-refractivity contribution is 5.04. The Morgan fingerprint density at radius 3 is 2.31 bits per heavy atom. The fourth-order valence-corrected chi connectivity index (χ4v) is 3.37. The molecule has 0 N–H and O–H groups in total. The van der Waals surface area contributed by atoms with E-state index in [-0.39, 0.29) is 0 Å². The van der Waals surface area contributed by atoms with E-state index in [9.17, 15) is 0 Å². The van der Waals surface area contributed by atoms with Crippen LogP contribution in [0.4, 0.5) is 0 Å². The van der Waals surface area contributed by atoms with Gasteiger partial charge in [0.2, 0.25) is 0 Å². The van der Waals surface area contributed by atoms with Gasteiger partial charge in [0.05, 0.1) is 0 Å². The van der Waals surface area contributed by atoms with Crippen molar-refractivity contribution in [2.45, 2.75) is 44.8 Å². The molecule has 1 saturated carbocycles. The molecule has 1 saturated heterocycles. The highest BCUT2D eigenvalue weighted by Crippen LogP contribution is 2.40. The molecule has 2 heteroatoms. The molecule has 0 amide bonds. The van der Waals surface area contributed by atoms with Gasteiger partial charge in [0, 0.05) is 24.7 Å². The van der Waals surface area contributed by atoms with Crippen LogP contribution in [-0.2, 0) is 0 Å². The van der Waals surface area contributed by atoms with E-state index in [4.69, 9.17) is 0 Å². The highest BCUT2D eigenvalue weighted by atomic mass is 15.3. The monoisotopic (exact) mass is 182 g/mol. The van der Waals surface area contributed by atoms with E-state index >= 15 is 0 Å². The summed E-state index contributed by atoms with van der Waals surface area (Å²) in [6, 6.07) is 2.42. The maximum Gasteiger partial charge on any atom is 0.0286 e. The summed E-state index contributed by atoms with van der Waals surface area (Å²) in [5, 5.41) is 0. The molecule has 13 heavy (non-hydrogen) atoms. The molecule has 0 aromatic heterocycles. The van der Waals surface area contributed by atoms with E-state index in [0.29, 0.717) is 0 Å². The first-order valence-corrected chi connectivity index (χ1v) is 5.53. The van der Waals surface area contributed by atoms with Gasteiger partial charge in [-0.3, -0.25) is 4.90 Å². The van der Waals surface area contributed by atoms with Crippen LogP contribution in [0.5, 0.6) is 0 Å². The second-order valence-electron chi connectivity index (χ2n) is 5.15. The Morgan fingerprint density at radius 2 is 1.92 bits per heavy atom. The number of nitrogens with zero attached hydrogens (tertiary/aromatic N) is 2. The number of fused-ring (bicyclic) bond motifs is 2. The third kappa shape index (κ3) is 1.40. The SMILES string of the molecule is CC(C)N1CC2CCC1C2N(C)C. The highest BCUT2D eigenvalue weighted by Gasteiger charge is 2.48. The normalized spacial score (nSPS) is 39.7. The van der Waals surface area contributed by atoms with Gasteiger partial charge < -0.3 is 4.90 Å². The predicted molar refractivity (Wildman–Crippen MR) is 55.8 cm³/mol. The largest absolute Gasteiger partial charge is 0.305 e. The minimum atomic E-state index is 0.734. The second-order valence-corrected chi connectivity index (χ2v) is 5.15. The molecular weight excluding hydrogens is 160 g/mol. The maximum atomic E-state index is 2.69. The summed E-state index contributed by atoms with van der Waals surface area (Å²) in [6.45, 7) is 5.99. The minimum Gasteiger partial charge on any atom is -0.305 e. The van der Waals surface area contributed by atoms with Crippen molar-refractivity contribution in [3.63, 3.8) is 0 Å². The third-order valence-electron chi connectivity index (χ3n) is 3.84. The minimum absolute atomic E-state index is 0.734. The third-order valence-corrected chi connectivity index (χ3v) is 3.84. The molecule has 1 aliphatic heterocycles. The number of likely N-dealkylation sites (tertiary alicyclic amines) is 1. The summed E-state index contributed by atoms with van der Waals surface area (Å²) < 4.78 is 0. The zero-order valence-corrected chi connectivity index (χ0v) is 9.33. The molecule has 1 aliphatic carbocycles. The molecule has 0 aromatic carbocycles. The van der Waals surface area contributed by atoms with Gasteiger partial charge in [0.1, 0.15) is 0 Å². The number of hydrogen-bond acceptors (Lipinski definition) is 2. The first-order chi connectivity index (χ1) is 6.11. The van der Waals surface area contributed by atoms with Gasteiger partial charge in [0.25, 0.3) is 0 Å². The molecule has 3 unspecified atom stereocenters. The van der Waals surface area contributed by atoms with Crippen LogP contribution in [0.3, 0.4) is 0 Å². The van der Waals surface area contributed by atoms with Gasteiger partial charge in [-0.15, -0.1) is 0 Å². The Balaban J connectivity index is 2.10. The van der Waals surface area contributed by atoms with Crippen LogP contribution < -0.4 is 0 Å². The maximum absolute atomic E-state index is 2.69. The van der Waals surface area contributed by atoms with Gasteiger partial charge in [-0.2, -0.15) is 0 Å². The summed E-state index contributed by atoms with van der Waals surface area (Å²) in [7, 11) is 4.47. The van der Waals surface area contributed by atoms with Crippen molar-refractivity contribution in [3.8, 4) is 0 Å². The van der Waals surface area contributed by atoms with Gasteiger partial charge >= 0.3 is 0 Å². The molecule has 2 bridgehead atoms. The average molecular weight is 182 g/mol. The van der Waals surface area contributed by atoms with Crippen molar-refractivity contribution in [1.82, 2.24) is 9.80 Å². The summed E-state index contributed by atoms with van der Waals surface area (Å²) >= 11 is 0. The quantitative estimate of drug-likeness (QED) is 0.637. The smallest absolute Gasteiger partial charge is 0.0286 e. The molecule has 2 fully saturated rings. The fraction of sp³-hybridized carbons (Fsp3) is 1.00. The first-order valence-electron chi connectivity index (χ1n) is 5.53. The average Bonchev–Trinajstić information content (AvgIpc) is 2.58. The van der Waals surface area contributed by atoms with E-state index in [0.717, 1.165) is 24.0 Å². The van der Waals surface area contributed by atoms with E-state index in [1.807, 2.05) is 0 Å². The topological polar surface area (TPSA) is 6.48 Å². The Morgan fingerprint density at radius 1 is 1.23 bits per heavy atom. The first kappa shape index (κ1) is 9.47. The lowest BCUT2D eigenvalue weighted by Gasteiger charge is -2.32. The fourth-order valence-electron chi connectivity index (χ4n) is 3.37. The Kier molecular flexibility index (Phi) is 2.37. The molecule has 76 valence electrons. The molecule has 1 heterocycles. The molecule has 3 atom stereocenters. The van der Waals surface area contributed by atoms with Crippen molar-refractivity contribution in [1.29, 1.82) is 0 Å². The zero-order chi connectivity index (χ0) is 9.59. The van der Waals surface area contributed by atoms with Crippen LogP contribution in [0.25, 0.3) is 0 Å². The molecule has 2 nitrogen and oxygen atoms in total. The number of rotatable bonds is 2. The van der Waals surface area contributed by atoms with Crippen molar-refractivity contribution in [3.05, 3.63) is 0 Å². The lowest BCUT2D eigenvalue weighted by molar-refractivity contribution is 0.152. The van der Waals surface area contributed by atoms with Crippen LogP contribution in [0, 0.1) is 5.92 Å². The zero-order valence-electron chi connectivity index (χ0n) is 9.33. The van der Waals surface area contributed by atoms with Crippen molar-refractivity contribution in [2.75, 3.05) is 20.6 Å².